The molecule has 0 saturated carbocycles. The number of benzene rings is 2. The van der Waals surface area contributed by atoms with Gasteiger partial charge < -0.3 is 19.7 Å². The number of carbonyl (C=O) groups excluding carboxylic acids is 1. The van der Waals surface area contributed by atoms with Crippen LogP contribution >= 0.6 is 0 Å². The molecule has 2 rings (SSSR count). The van der Waals surface area contributed by atoms with Gasteiger partial charge in [0, 0.05) is 25.3 Å². The highest BCUT2D eigenvalue weighted by atomic mass is 16.5. The van der Waals surface area contributed by atoms with Crippen molar-refractivity contribution in [2.45, 2.75) is 19.5 Å². The summed E-state index contributed by atoms with van der Waals surface area (Å²) in [6, 6.07) is 15.1. The van der Waals surface area contributed by atoms with Crippen molar-refractivity contribution in [3.8, 4) is 11.5 Å². The van der Waals surface area contributed by atoms with Gasteiger partial charge in [-0.05, 0) is 24.6 Å². The summed E-state index contributed by atoms with van der Waals surface area (Å²) in [5.41, 5.74) is 1.91. The van der Waals surface area contributed by atoms with Crippen LogP contribution in [0.2, 0.25) is 0 Å². The van der Waals surface area contributed by atoms with E-state index in [0.29, 0.717) is 18.0 Å². The van der Waals surface area contributed by atoms with Gasteiger partial charge in [0.25, 0.3) is 0 Å². The zero-order valence-corrected chi connectivity index (χ0v) is 14.6. The Hall–Kier alpha value is -2.69. The second-order valence-electron chi connectivity index (χ2n) is 5.62. The molecule has 0 fully saturated rings. The average molecular weight is 328 g/mol. The third-order valence-electron chi connectivity index (χ3n) is 3.78. The predicted molar refractivity (Wildman–Crippen MR) is 95.5 cm³/mol. The second kappa shape index (κ2) is 8.24. The van der Waals surface area contributed by atoms with E-state index in [1.165, 1.54) is 0 Å². The van der Waals surface area contributed by atoms with Crippen molar-refractivity contribution >= 4 is 11.6 Å². The molecule has 2 aromatic carbocycles. The first kappa shape index (κ1) is 17.7. The second-order valence-corrected chi connectivity index (χ2v) is 5.62. The Morgan fingerprint density at radius 2 is 1.75 bits per heavy atom. The number of likely N-dealkylation sites (N-methyl/N-ethyl adjacent to an activating group) is 1. The Kier molecular flexibility index (Phi) is 6.07. The number of anilines is 1. The van der Waals surface area contributed by atoms with Gasteiger partial charge in [0.1, 0.15) is 6.04 Å². The van der Waals surface area contributed by atoms with Crippen LogP contribution in [0.5, 0.6) is 11.5 Å². The van der Waals surface area contributed by atoms with Crippen molar-refractivity contribution in [3.05, 3.63) is 54.1 Å². The highest BCUT2D eigenvalue weighted by Crippen LogP contribution is 2.30. The summed E-state index contributed by atoms with van der Waals surface area (Å²) in [4.78, 5) is 14.3. The van der Waals surface area contributed by atoms with Crippen LogP contribution in [0, 0.1) is 0 Å². The molecular formula is C19H24N2O3. The Morgan fingerprint density at radius 3 is 2.38 bits per heavy atom. The number of methoxy groups -OCH3 is 2. The molecule has 1 atom stereocenters. The summed E-state index contributed by atoms with van der Waals surface area (Å²) in [5, 5.41) is 3.21. The first-order valence-electron chi connectivity index (χ1n) is 7.82. The van der Waals surface area contributed by atoms with Gasteiger partial charge in [-0.25, -0.2) is 0 Å². The fourth-order valence-electron chi connectivity index (χ4n) is 2.50. The van der Waals surface area contributed by atoms with Gasteiger partial charge in [-0.15, -0.1) is 0 Å². The molecule has 0 heterocycles. The predicted octanol–water partition coefficient (Wildman–Crippen LogP) is 3.16. The topological polar surface area (TPSA) is 50.8 Å². The maximum absolute atomic E-state index is 12.5. The third kappa shape index (κ3) is 4.41. The summed E-state index contributed by atoms with van der Waals surface area (Å²) in [6.45, 7) is 2.43. The number of nitrogens with zero attached hydrogens (tertiary/aromatic N) is 1. The van der Waals surface area contributed by atoms with Crippen LogP contribution in [0.3, 0.4) is 0 Å². The highest BCUT2D eigenvalue weighted by Gasteiger charge is 2.18. The standard InChI is InChI=1S/C19H24N2O3/c1-14(19(22)21(2)13-15-8-6-5-7-9-15)20-16-10-11-17(23-3)18(12-16)24-4/h5-12,14,20H,13H2,1-4H3. The molecule has 0 radical (unpaired) electrons. The molecule has 0 aliphatic rings. The number of nitrogens with one attached hydrogen (secondary N) is 1. The summed E-state index contributed by atoms with van der Waals surface area (Å²) < 4.78 is 10.5. The monoisotopic (exact) mass is 328 g/mol. The molecule has 0 spiro atoms. The Bertz CT molecular complexity index is 674. The lowest BCUT2D eigenvalue weighted by Gasteiger charge is -2.23. The van der Waals surface area contributed by atoms with Crippen LogP contribution in [-0.4, -0.2) is 38.1 Å². The number of amides is 1. The van der Waals surface area contributed by atoms with E-state index < -0.39 is 0 Å². The van der Waals surface area contributed by atoms with Crippen LogP contribution in [-0.2, 0) is 11.3 Å². The molecule has 0 saturated heterocycles. The lowest BCUT2D eigenvalue weighted by molar-refractivity contribution is -0.130. The number of ether oxygens (including phenoxy) is 2. The summed E-state index contributed by atoms with van der Waals surface area (Å²) in [6.07, 6.45) is 0. The smallest absolute Gasteiger partial charge is 0.244 e. The number of hydrogen-bond acceptors (Lipinski definition) is 4. The minimum Gasteiger partial charge on any atom is -0.493 e. The van der Waals surface area contributed by atoms with Crippen LogP contribution in [0.15, 0.2) is 48.5 Å². The van der Waals surface area contributed by atoms with Crippen LogP contribution < -0.4 is 14.8 Å². The van der Waals surface area contributed by atoms with E-state index in [9.17, 15) is 4.79 Å². The van der Waals surface area contributed by atoms with E-state index in [1.54, 1.807) is 19.1 Å². The van der Waals surface area contributed by atoms with E-state index in [2.05, 4.69) is 5.32 Å². The summed E-state index contributed by atoms with van der Waals surface area (Å²) >= 11 is 0. The Labute approximate surface area is 143 Å². The van der Waals surface area contributed by atoms with Crippen molar-refractivity contribution in [1.82, 2.24) is 4.90 Å². The van der Waals surface area contributed by atoms with E-state index >= 15 is 0 Å². The maximum atomic E-state index is 12.5. The highest BCUT2D eigenvalue weighted by molar-refractivity contribution is 5.84. The van der Waals surface area contributed by atoms with Gasteiger partial charge >= 0.3 is 0 Å². The van der Waals surface area contributed by atoms with Crippen LogP contribution in [0.1, 0.15) is 12.5 Å². The Balaban J connectivity index is 2.00. The summed E-state index contributed by atoms with van der Waals surface area (Å²) in [5.74, 6) is 1.30. The SMILES string of the molecule is COc1ccc(NC(C)C(=O)N(C)Cc2ccccc2)cc1OC. The van der Waals surface area contributed by atoms with Crippen molar-refractivity contribution in [2.24, 2.45) is 0 Å². The van der Waals surface area contributed by atoms with Gasteiger partial charge in [0.05, 0.1) is 14.2 Å². The number of carbonyl (C=O) groups is 1. The molecular weight excluding hydrogens is 304 g/mol. The Morgan fingerprint density at radius 1 is 1.08 bits per heavy atom. The zero-order chi connectivity index (χ0) is 17.5. The fraction of sp³-hybridized carbons (Fsp3) is 0.316. The largest absolute Gasteiger partial charge is 0.493 e. The number of hydrogen-bond donors (Lipinski definition) is 1. The van der Waals surface area contributed by atoms with Gasteiger partial charge in [0.15, 0.2) is 11.5 Å². The van der Waals surface area contributed by atoms with E-state index in [4.69, 9.17) is 9.47 Å². The van der Waals surface area contributed by atoms with Gasteiger partial charge in [-0.3, -0.25) is 4.79 Å². The third-order valence-corrected chi connectivity index (χ3v) is 3.78. The maximum Gasteiger partial charge on any atom is 0.244 e. The molecule has 5 nitrogen and oxygen atoms in total. The molecule has 1 N–H and O–H groups in total. The van der Waals surface area contributed by atoms with E-state index in [1.807, 2.05) is 62.5 Å². The van der Waals surface area contributed by atoms with Crippen molar-refractivity contribution in [2.75, 3.05) is 26.6 Å². The van der Waals surface area contributed by atoms with Crippen molar-refractivity contribution < 1.29 is 14.3 Å². The van der Waals surface area contributed by atoms with E-state index in [-0.39, 0.29) is 11.9 Å². The van der Waals surface area contributed by atoms with Gasteiger partial charge in [0.2, 0.25) is 5.91 Å². The average Bonchev–Trinajstić information content (AvgIpc) is 2.61. The molecule has 128 valence electrons. The number of rotatable bonds is 7. The first-order valence-corrected chi connectivity index (χ1v) is 7.82. The van der Waals surface area contributed by atoms with Crippen molar-refractivity contribution in [3.63, 3.8) is 0 Å². The normalized spacial score (nSPS) is 11.5. The minimum atomic E-state index is -0.350. The molecule has 2 aromatic rings. The lowest BCUT2D eigenvalue weighted by Crippen LogP contribution is -2.38. The van der Waals surface area contributed by atoms with Gasteiger partial charge in [-0.1, -0.05) is 30.3 Å². The molecule has 1 amide bonds. The minimum absolute atomic E-state index is 0.0219. The summed E-state index contributed by atoms with van der Waals surface area (Å²) in [7, 11) is 4.99. The first-order chi connectivity index (χ1) is 11.5. The molecule has 0 aliphatic heterocycles. The lowest BCUT2D eigenvalue weighted by atomic mass is 10.2. The fourth-order valence-corrected chi connectivity index (χ4v) is 2.50. The zero-order valence-electron chi connectivity index (χ0n) is 14.6. The van der Waals surface area contributed by atoms with Gasteiger partial charge in [-0.2, -0.15) is 0 Å². The van der Waals surface area contributed by atoms with Crippen molar-refractivity contribution in [1.29, 1.82) is 0 Å². The van der Waals surface area contributed by atoms with Crippen LogP contribution in [0.4, 0.5) is 5.69 Å². The molecule has 0 aromatic heterocycles. The quantitative estimate of drug-likeness (QED) is 0.848. The molecule has 0 aliphatic carbocycles. The molecule has 1 unspecified atom stereocenters. The van der Waals surface area contributed by atoms with E-state index in [0.717, 1.165) is 11.3 Å². The van der Waals surface area contributed by atoms with Crippen LogP contribution in [0.25, 0.3) is 0 Å². The molecule has 5 heteroatoms. The molecule has 0 bridgehead atoms. The molecule has 24 heavy (non-hydrogen) atoms.